The van der Waals surface area contributed by atoms with E-state index in [1.807, 2.05) is 25.9 Å². The molecular formula is C10H19N3O2. The minimum atomic E-state index is -0.250. The molecule has 0 spiro atoms. The fraction of sp³-hybridized carbons (Fsp3) is 0.600. The monoisotopic (exact) mass is 213 g/mol. The van der Waals surface area contributed by atoms with E-state index in [2.05, 4.69) is 10.6 Å². The minimum Gasteiger partial charge on any atom is -0.353 e. The summed E-state index contributed by atoms with van der Waals surface area (Å²) in [6.07, 6.45) is 2.47. The van der Waals surface area contributed by atoms with Crippen molar-refractivity contribution in [1.82, 2.24) is 15.5 Å². The molecular weight excluding hydrogens is 194 g/mol. The second-order valence-corrected chi connectivity index (χ2v) is 3.32. The lowest BCUT2D eigenvalue weighted by Gasteiger charge is -2.08. The molecule has 2 N–H and O–H groups in total. The van der Waals surface area contributed by atoms with Gasteiger partial charge in [0.2, 0.25) is 11.8 Å². The number of carbonyl (C=O) groups excluding carboxylic acids is 2. The Hall–Kier alpha value is -1.36. The zero-order valence-electron chi connectivity index (χ0n) is 9.54. The van der Waals surface area contributed by atoms with Gasteiger partial charge in [-0.25, -0.2) is 0 Å². The van der Waals surface area contributed by atoms with Crippen molar-refractivity contribution in [2.45, 2.75) is 6.92 Å². The van der Waals surface area contributed by atoms with Crippen LogP contribution in [0.1, 0.15) is 6.92 Å². The zero-order chi connectivity index (χ0) is 11.7. The molecule has 15 heavy (non-hydrogen) atoms. The van der Waals surface area contributed by atoms with E-state index in [1.54, 1.807) is 0 Å². The Balaban J connectivity index is 3.68. The Morgan fingerprint density at radius 2 is 1.67 bits per heavy atom. The van der Waals surface area contributed by atoms with Crippen molar-refractivity contribution in [3.05, 3.63) is 12.2 Å². The Labute approximate surface area is 90.5 Å². The Kier molecular flexibility index (Phi) is 7.27. The summed E-state index contributed by atoms with van der Waals surface area (Å²) in [4.78, 5) is 24.0. The van der Waals surface area contributed by atoms with Gasteiger partial charge >= 0.3 is 0 Å². The van der Waals surface area contributed by atoms with Crippen LogP contribution in [-0.4, -0.2) is 50.4 Å². The molecule has 0 rings (SSSR count). The molecule has 0 aromatic heterocycles. The van der Waals surface area contributed by atoms with Gasteiger partial charge in [-0.3, -0.25) is 9.59 Å². The second-order valence-electron chi connectivity index (χ2n) is 3.32. The maximum atomic E-state index is 11.1. The van der Waals surface area contributed by atoms with Crippen LogP contribution in [0.5, 0.6) is 0 Å². The van der Waals surface area contributed by atoms with Gasteiger partial charge in [0.15, 0.2) is 0 Å². The van der Waals surface area contributed by atoms with E-state index in [-0.39, 0.29) is 11.8 Å². The highest BCUT2D eigenvalue weighted by Gasteiger charge is 1.97. The molecule has 0 unspecified atom stereocenters. The maximum Gasteiger partial charge on any atom is 0.244 e. The van der Waals surface area contributed by atoms with Crippen molar-refractivity contribution in [3.8, 4) is 0 Å². The molecule has 0 radical (unpaired) electrons. The van der Waals surface area contributed by atoms with Crippen LogP contribution < -0.4 is 10.6 Å². The van der Waals surface area contributed by atoms with Crippen LogP contribution in [0.15, 0.2) is 12.2 Å². The fourth-order valence-electron chi connectivity index (χ4n) is 0.846. The largest absolute Gasteiger partial charge is 0.353 e. The van der Waals surface area contributed by atoms with E-state index in [9.17, 15) is 9.59 Å². The number of carbonyl (C=O) groups is 2. The van der Waals surface area contributed by atoms with Crippen molar-refractivity contribution in [3.63, 3.8) is 0 Å². The number of hydrogen-bond acceptors (Lipinski definition) is 3. The van der Waals surface area contributed by atoms with E-state index in [0.717, 1.165) is 6.54 Å². The molecule has 0 aromatic carbocycles. The summed E-state index contributed by atoms with van der Waals surface area (Å²) >= 11 is 0. The average Bonchev–Trinajstić information content (AvgIpc) is 2.14. The van der Waals surface area contributed by atoms with Crippen molar-refractivity contribution < 1.29 is 9.59 Å². The van der Waals surface area contributed by atoms with Gasteiger partial charge in [0.1, 0.15) is 0 Å². The van der Waals surface area contributed by atoms with E-state index < -0.39 is 0 Å². The zero-order valence-corrected chi connectivity index (χ0v) is 9.54. The van der Waals surface area contributed by atoms with Crippen molar-refractivity contribution in [2.24, 2.45) is 0 Å². The smallest absolute Gasteiger partial charge is 0.244 e. The molecule has 0 aromatic rings. The predicted molar refractivity (Wildman–Crippen MR) is 59.4 cm³/mol. The van der Waals surface area contributed by atoms with Crippen LogP contribution >= 0.6 is 0 Å². The first kappa shape index (κ1) is 13.6. The molecule has 0 heterocycles. The summed E-state index contributed by atoms with van der Waals surface area (Å²) < 4.78 is 0. The molecule has 0 saturated carbocycles. The number of nitrogens with zero attached hydrogens (tertiary/aromatic N) is 1. The number of nitrogens with one attached hydrogen (secondary N) is 2. The molecule has 0 atom stereocenters. The SMILES string of the molecule is CCNC(=O)/C=C\C(=O)NCCN(C)C. The van der Waals surface area contributed by atoms with Gasteiger partial charge in [0.05, 0.1) is 0 Å². The van der Waals surface area contributed by atoms with Gasteiger partial charge in [0.25, 0.3) is 0 Å². The first-order chi connectivity index (χ1) is 7.06. The molecule has 0 aliphatic carbocycles. The standard InChI is InChI=1S/C10H19N3O2/c1-4-11-9(14)5-6-10(15)12-7-8-13(2)3/h5-6H,4,7-8H2,1-3H3,(H,11,14)(H,12,15)/b6-5-. The highest BCUT2D eigenvalue weighted by Crippen LogP contribution is 1.76. The molecule has 86 valence electrons. The van der Waals surface area contributed by atoms with Gasteiger partial charge in [0, 0.05) is 31.8 Å². The lowest BCUT2D eigenvalue weighted by Crippen LogP contribution is -2.30. The second kappa shape index (κ2) is 7.99. The molecule has 5 heteroatoms. The van der Waals surface area contributed by atoms with Crippen molar-refractivity contribution in [2.75, 3.05) is 33.7 Å². The van der Waals surface area contributed by atoms with Crippen LogP contribution in [0.2, 0.25) is 0 Å². The molecule has 0 fully saturated rings. The van der Waals surface area contributed by atoms with E-state index in [0.29, 0.717) is 13.1 Å². The van der Waals surface area contributed by atoms with Gasteiger partial charge < -0.3 is 15.5 Å². The van der Waals surface area contributed by atoms with E-state index in [1.165, 1.54) is 12.2 Å². The summed E-state index contributed by atoms with van der Waals surface area (Å²) in [6.45, 7) is 3.74. The molecule has 0 aliphatic rings. The molecule has 0 aliphatic heterocycles. The molecule has 2 amide bonds. The first-order valence-corrected chi connectivity index (χ1v) is 4.94. The van der Waals surface area contributed by atoms with Crippen LogP contribution in [0.3, 0.4) is 0 Å². The quantitative estimate of drug-likeness (QED) is 0.577. The van der Waals surface area contributed by atoms with Gasteiger partial charge in [-0.15, -0.1) is 0 Å². The van der Waals surface area contributed by atoms with Gasteiger partial charge in [-0.05, 0) is 21.0 Å². The third kappa shape index (κ3) is 8.96. The number of amides is 2. The van der Waals surface area contributed by atoms with Crippen LogP contribution in [0, 0.1) is 0 Å². The van der Waals surface area contributed by atoms with E-state index in [4.69, 9.17) is 0 Å². The summed E-state index contributed by atoms with van der Waals surface area (Å²) in [6, 6.07) is 0. The average molecular weight is 213 g/mol. The summed E-state index contributed by atoms with van der Waals surface area (Å²) in [5, 5.41) is 5.23. The minimum absolute atomic E-state index is 0.247. The highest BCUT2D eigenvalue weighted by molar-refractivity contribution is 5.96. The molecule has 0 saturated heterocycles. The van der Waals surface area contributed by atoms with Crippen LogP contribution in [-0.2, 0) is 9.59 Å². The normalized spacial score (nSPS) is 10.7. The van der Waals surface area contributed by atoms with Crippen LogP contribution in [0.25, 0.3) is 0 Å². The summed E-state index contributed by atoms with van der Waals surface area (Å²) in [5.41, 5.74) is 0. The van der Waals surface area contributed by atoms with Crippen molar-refractivity contribution >= 4 is 11.8 Å². The fourth-order valence-corrected chi connectivity index (χ4v) is 0.846. The van der Waals surface area contributed by atoms with Crippen molar-refractivity contribution in [1.29, 1.82) is 0 Å². The molecule has 5 nitrogen and oxygen atoms in total. The summed E-state index contributed by atoms with van der Waals surface area (Å²) in [5.74, 6) is -0.497. The van der Waals surface area contributed by atoms with Gasteiger partial charge in [-0.1, -0.05) is 0 Å². The third-order valence-corrected chi connectivity index (χ3v) is 1.60. The maximum absolute atomic E-state index is 11.1. The van der Waals surface area contributed by atoms with E-state index >= 15 is 0 Å². The van der Waals surface area contributed by atoms with Crippen LogP contribution in [0.4, 0.5) is 0 Å². The summed E-state index contributed by atoms with van der Waals surface area (Å²) in [7, 11) is 3.85. The first-order valence-electron chi connectivity index (χ1n) is 4.94. The number of hydrogen-bond donors (Lipinski definition) is 2. The topological polar surface area (TPSA) is 61.4 Å². The highest BCUT2D eigenvalue weighted by atomic mass is 16.2. The Morgan fingerprint density at radius 1 is 1.13 bits per heavy atom. The number of rotatable bonds is 6. The lowest BCUT2D eigenvalue weighted by atomic mass is 10.4. The Bertz CT molecular complexity index is 237. The predicted octanol–water partition coefficient (Wildman–Crippen LogP) is -0.643. The number of likely N-dealkylation sites (N-methyl/N-ethyl adjacent to an activating group) is 2. The van der Waals surface area contributed by atoms with Gasteiger partial charge in [-0.2, -0.15) is 0 Å². The molecule has 0 bridgehead atoms. The lowest BCUT2D eigenvalue weighted by molar-refractivity contribution is -0.118. The Morgan fingerprint density at radius 3 is 2.13 bits per heavy atom. The third-order valence-electron chi connectivity index (χ3n) is 1.60.